The second kappa shape index (κ2) is 7.44. The molecule has 5 nitrogen and oxygen atoms in total. The molecule has 0 radical (unpaired) electrons. The number of imide groups is 1. The van der Waals surface area contributed by atoms with E-state index in [0.29, 0.717) is 18.8 Å². The Morgan fingerprint density at radius 2 is 1.77 bits per heavy atom. The molecule has 1 fully saturated rings. The van der Waals surface area contributed by atoms with Gasteiger partial charge in [0.2, 0.25) is 17.7 Å². The summed E-state index contributed by atoms with van der Waals surface area (Å²) in [5, 5.41) is 2.98. The van der Waals surface area contributed by atoms with Crippen LogP contribution in [0.3, 0.4) is 0 Å². The van der Waals surface area contributed by atoms with Crippen LogP contribution >= 0.6 is 0 Å². The number of hydrogen-bond donors (Lipinski definition) is 1. The minimum atomic E-state index is -0.237. The molecule has 0 aromatic heterocycles. The Morgan fingerprint density at radius 3 is 2.35 bits per heavy atom. The molecule has 3 amide bonds. The summed E-state index contributed by atoms with van der Waals surface area (Å²) in [4.78, 5) is 38.6. The van der Waals surface area contributed by atoms with Crippen LogP contribution in [0.15, 0.2) is 30.4 Å². The minimum Gasteiger partial charge on any atom is -0.326 e. The number of aryl methyl sites for hydroxylation is 1. The molecule has 26 heavy (non-hydrogen) atoms. The van der Waals surface area contributed by atoms with Gasteiger partial charge >= 0.3 is 0 Å². The molecule has 0 spiro atoms. The highest BCUT2D eigenvalue weighted by Crippen LogP contribution is 2.35. The van der Waals surface area contributed by atoms with Gasteiger partial charge in [0.1, 0.15) is 0 Å². The lowest BCUT2D eigenvalue weighted by atomic mass is 9.85. The largest absolute Gasteiger partial charge is 0.326 e. The van der Waals surface area contributed by atoms with E-state index in [1.807, 2.05) is 37.3 Å². The maximum Gasteiger partial charge on any atom is 0.233 e. The molecule has 2 aliphatic rings. The van der Waals surface area contributed by atoms with Gasteiger partial charge in [-0.25, -0.2) is 0 Å². The summed E-state index contributed by atoms with van der Waals surface area (Å²) in [5.41, 5.74) is 2.93. The molecule has 2 atom stereocenters. The summed E-state index contributed by atoms with van der Waals surface area (Å²) in [6.07, 6.45) is 5.30. The predicted molar refractivity (Wildman–Crippen MR) is 101 cm³/mol. The van der Waals surface area contributed by atoms with Crippen LogP contribution < -0.4 is 5.32 Å². The van der Waals surface area contributed by atoms with Gasteiger partial charge in [-0.1, -0.05) is 44.2 Å². The molecule has 1 aliphatic heterocycles. The maximum absolute atomic E-state index is 12.5. The second-order valence-corrected chi connectivity index (χ2v) is 7.48. The van der Waals surface area contributed by atoms with E-state index in [1.165, 1.54) is 4.90 Å². The monoisotopic (exact) mass is 354 g/mol. The average Bonchev–Trinajstić information content (AvgIpc) is 2.86. The van der Waals surface area contributed by atoms with Gasteiger partial charge in [-0.2, -0.15) is 0 Å². The van der Waals surface area contributed by atoms with Gasteiger partial charge in [0.15, 0.2) is 0 Å². The molecular weight excluding hydrogens is 328 g/mol. The van der Waals surface area contributed by atoms with Crippen LogP contribution in [0, 0.1) is 18.8 Å². The highest BCUT2D eigenvalue weighted by atomic mass is 16.2. The van der Waals surface area contributed by atoms with Gasteiger partial charge < -0.3 is 5.32 Å². The number of benzene rings is 1. The molecule has 0 saturated carbocycles. The normalized spacial score (nSPS) is 22.1. The molecule has 5 heteroatoms. The lowest BCUT2D eigenvalue weighted by Crippen LogP contribution is -2.34. The number of nitrogens with zero attached hydrogens (tertiary/aromatic N) is 1. The molecule has 0 bridgehead atoms. The van der Waals surface area contributed by atoms with Crippen molar-refractivity contribution in [2.24, 2.45) is 11.8 Å². The van der Waals surface area contributed by atoms with Crippen molar-refractivity contribution in [1.29, 1.82) is 0 Å². The summed E-state index contributed by atoms with van der Waals surface area (Å²) in [7, 11) is 0. The van der Waals surface area contributed by atoms with Crippen LogP contribution in [0.1, 0.15) is 50.2 Å². The Kier molecular flexibility index (Phi) is 5.25. The molecule has 1 aliphatic carbocycles. The van der Waals surface area contributed by atoms with Gasteiger partial charge in [0, 0.05) is 18.7 Å². The maximum atomic E-state index is 12.5. The second-order valence-electron chi connectivity index (χ2n) is 7.48. The third-order valence-corrected chi connectivity index (χ3v) is 5.35. The van der Waals surface area contributed by atoms with Crippen molar-refractivity contribution in [3.63, 3.8) is 0 Å². The lowest BCUT2D eigenvalue weighted by molar-refractivity contribution is -0.140. The topological polar surface area (TPSA) is 66.5 Å². The van der Waals surface area contributed by atoms with Gasteiger partial charge in [-0.3, -0.25) is 19.3 Å². The molecule has 1 saturated heterocycles. The number of amides is 3. The quantitative estimate of drug-likeness (QED) is 0.651. The van der Waals surface area contributed by atoms with Crippen molar-refractivity contribution in [3.05, 3.63) is 41.5 Å². The number of hydrogen-bond acceptors (Lipinski definition) is 3. The van der Waals surface area contributed by atoms with Crippen molar-refractivity contribution in [3.8, 4) is 0 Å². The van der Waals surface area contributed by atoms with Crippen molar-refractivity contribution in [2.45, 2.75) is 46.0 Å². The third-order valence-electron chi connectivity index (χ3n) is 5.35. The Labute approximate surface area is 154 Å². The number of carbonyl (C=O) groups is 3. The SMILES string of the molecule is Cc1cccc(C(C)C)c1NC(=O)CCN1C(=O)[C@@H]2CC=CC[C@H]2C1=O. The van der Waals surface area contributed by atoms with Crippen LogP contribution in [-0.4, -0.2) is 29.2 Å². The van der Waals surface area contributed by atoms with E-state index in [1.54, 1.807) is 0 Å². The third kappa shape index (κ3) is 3.43. The Bertz CT molecular complexity index is 741. The Hall–Kier alpha value is -2.43. The van der Waals surface area contributed by atoms with Crippen molar-refractivity contribution in [2.75, 3.05) is 11.9 Å². The summed E-state index contributed by atoms with van der Waals surface area (Å²) >= 11 is 0. The first kappa shape index (κ1) is 18.4. The zero-order valence-corrected chi connectivity index (χ0v) is 15.6. The van der Waals surface area contributed by atoms with Crippen molar-refractivity contribution >= 4 is 23.4 Å². The van der Waals surface area contributed by atoms with E-state index < -0.39 is 0 Å². The molecule has 3 rings (SSSR count). The van der Waals surface area contributed by atoms with Gasteiger partial charge in [-0.05, 0) is 36.8 Å². The fraction of sp³-hybridized carbons (Fsp3) is 0.476. The van der Waals surface area contributed by atoms with Crippen LogP contribution in [0.5, 0.6) is 0 Å². The number of allylic oxidation sites excluding steroid dienone is 2. The van der Waals surface area contributed by atoms with Gasteiger partial charge in [0.05, 0.1) is 11.8 Å². The molecule has 138 valence electrons. The van der Waals surface area contributed by atoms with Crippen LogP contribution in [0.2, 0.25) is 0 Å². The minimum absolute atomic E-state index is 0.121. The van der Waals surface area contributed by atoms with Gasteiger partial charge in [0.25, 0.3) is 0 Å². The van der Waals surface area contributed by atoms with E-state index in [-0.39, 0.29) is 42.5 Å². The fourth-order valence-electron chi connectivity index (χ4n) is 3.85. The van der Waals surface area contributed by atoms with E-state index in [2.05, 4.69) is 19.2 Å². The molecule has 0 unspecified atom stereocenters. The Morgan fingerprint density at radius 1 is 1.15 bits per heavy atom. The molecule has 1 heterocycles. The summed E-state index contributed by atoms with van der Waals surface area (Å²) in [6, 6.07) is 5.96. The van der Waals surface area contributed by atoms with Crippen molar-refractivity contribution < 1.29 is 14.4 Å². The number of para-hydroxylation sites is 1. The molecule has 1 N–H and O–H groups in total. The van der Waals surface area contributed by atoms with Crippen LogP contribution in [-0.2, 0) is 14.4 Å². The summed E-state index contributed by atoms with van der Waals surface area (Å²) < 4.78 is 0. The number of likely N-dealkylation sites (tertiary alicyclic amines) is 1. The lowest BCUT2D eigenvalue weighted by Gasteiger charge is -2.18. The number of carbonyl (C=O) groups excluding carboxylic acids is 3. The number of rotatable bonds is 5. The fourth-order valence-corrected chi connectivity index (χ4v) is 3.85. The number of fused-ring (bicyclic) bond motifs is 1. The standard InChI is InChI=1S/C21H26N2O3/c1-13(2)15-10-6-7-14(3)19(15)22-18(24)11-12-23-20(25)16-8-4-5-9-17(16)21(23)26/h4-7,10,13,16-17H,8-9,11-12H2,1-3H3,(H,22,24)/t16-,17-/m1/s1. The highest BCUT2D eigenvalue weighted by Gasteiger charge is 2.46. The smallest absolute Gasteiger partial charge is 0.233 e. The van der Waals surface area contributed by atoms with E-state index in [4.69, 9.17) is 0 Å². The van der Waals surface area contributed by atoms with E-state index >= 15 is 0 Å². The first-order valence-electron chi connectivity index (χ1n) is 9.29. The Balaban J connectivity index is 1.64. The van der Waals surface area contributed by atoms with Crippen LogP contribution in [0.4, 0.5) is 5.69 Å². The predicted octanol–water partition coefficient (Wildman–Crippen LogP) is 3.40. The van der Waals surface area contributed by atoms with Crippen molar-refractivity contribution in [1.82, 2.24) is 4.90 Å². The zero-order valence-electron chi connectivity index (χ0n) is 15.6. The first-order chi connectivity index (χ1) is 12.4. The molecular formula is C21H26N2O3. The first-order valence-corrected chi connectivity index (χ1v) is 9.29. The summed E-state index contributed by atoms with van der Waals surface area (Å²) in [5.74, 6) is -0.608. The van der Waals surface area contributed by atoms with Gasteiger partial charge in [-0.15, -0.1) is 0 Å². The average molecular weight is 354 g/mol. The highest BCUT2D eigenvalue weighted by molar-refractivity contribution is 6.06. The number of anilines is 1. The number of nitrogens with one attached hydrogen (secondary N) is 1. The zero-order chi connectivity index (χ0) is 18.8. The molecule has 1 aromatic rings. The summed E-state index contributed by atoms with van der Waals surface area (Å²) in [6.45, 7) is 6.29. The molecule has 1 aromatic carbocycles. The van der Waals surface area contributed by atoms with E-state index in [0.717, 1.165) is 16.8 Å². The van der Waals surface area contributed by atoms with Crippen LogP contribution in [0.25, 0.3) is 0 Å². The van der Waals surface area contributed by atoms with E-state index in [9.17, 15) is 14.4 Å².